The van der Waals surface area contributed by atoms with Crippen LogP contribution in [0.25, 0.3) is 0 Å². The smallest absolute Gasteiger partial charge is 0.204 e. The molecule has 6 heteroatoms. The van der Waals surface area contributed by atoms with Crippen molar-refractivity contribution in [2.24, 2.45) is 10.3 Å². The van der Waals surface area contributed by atoms with Gasteiger partial charge in [0.25, 0.3) is 0 Å². The molecule has 0 aliphatic heterocycles. The van der Waals surface area contributed by atoms with Gasteiger partial charge in [-0.1, -0.05) is 21.9 Å². The molecule has 0 fully saturated rings. The summed E-state index contributed by atoms with van der Waals surface area (Å²) < 4.78 is -0.110. The maximum Gasteiger partial charge on any atom is 0.204 e. The van der Waals surface area contributed by atoms with E-state index in [-0.39, 0.29) is 9.79 Å². The Hall–Kier alpha value is -0.290. The largest absolute Gasteiger partial charge is 0.410 e. The number of hydrogen-bond donors (Lipinski definition) is 2. The van der Waals surface area contributed by atoms with Gasteiger partial charge in [0.2, 0.25) is 5.17 Å². The zero-order chi connectivity index (χ0) is 6.57. The number of nitrogens with zero attached hydrogens (tertiary/aromatic N) is 2. The molecule has 0 radical (unpaired) electrons. The summed E-state index contributed by atoms with van der Waals surface area (Å²) >= 11 is 7.76. The van der Waals surface area contributed by atoms with Crippen molar-refractivity contribution in [2.45, 2.75) is 0 Å². The molecule has 0 unspecified atom stereocenters. The molecule has 0 aromatic carbocycles. The highest BCUT2D eigenvalue weighted by Crippen LogP contribution is 1.95. The van der Waals surface area contributed by atoms with Crippen molar-refractivity contribution in [3.8, 4) is 0 Å². The second-order valence-corrected chi connectivity index (χ2v) is 1.89. The predicted octanol–water partition coefficient (Wildman–Crippen LogP) is 1.20. The Morgan fingerprint density at radius 2 is 1.88 bits per heavy atom. The minimum absolute atomic E-state index is 0.110. The van der Waals surface area contributed by atoms with E-state index in [4.69, 9.17) is 22.0 Å². The highest BCUT2D eigenvalue weighted by molar-refractivity contribution is 9.19. The third kappa shape index (κ3) is 2.13. The molecule has 0 amide bonds. The van der Waals surface area contributed by atoms with Crippen LogP contribution in [0, 0.1) is 0 Å². The Morgan fingerprint density at radius 3 is 2.00 bits per heavy atom. The zero-order valence-electron chi connectivity index (χ0n) is 3.54. The Kier molecular flexibility index (Phi) is 3.55. The first-order chi connectivity index (χ1) is 3.72. The van der Waals surface area contributed by atoms with Gasteiger partial charge in [-0.2, -0.15) is 0 Å². The fourth-order valence-electron chi connectivity index (χ4n) is 0.0825. The van der Waals surface area contributed by atoms with Gasteiger partial charge in [0.15, 0.2) is 4.62 Å². The summed E-state index contributed by atoms with van der Waals surface area (Å²) in [6, 6.07) is 0. The summed E-state index contributed by atoms with van der Waals surface area (Å²) in [6.45, 7) is 0. The van der Waals surface area contributed by atoms with Crippen LogP contribution in [0.3, 0.4) is 0 Å². The molecule has 0 heterocycles. The van der Waals surface area contributed by atoms with E-state index >= 15 is 0 Å². The molecule has 8 heavy (non-hydrogen) atoms. The van der Waals surface area contributed by atoms with Gasteiger partial charge in [-0.15, -0.1) is 0 Å². The third-order valence-electron chi connectivity index (χ3n) is 0.346. The van der Waals surface area contributed by atoms with E-state index < -0.39 is 0 Å². The average molecular weight is 201 g/mol. The van der Waals surface area contributed by atoms with E-state index in [1.54, 1.807) is 0 Å². The van der Waals surface area contributed by atoms with Gasteiger partial charge in [-0.25, -0.2) is 0 Å². The first kappa shape index (κ1) is 7.71. The van der Waals surface area contributed by atoms with Crippen LogP contribution >= 0.6 is 27.5 Å². The van der Waals surface area contributed by atoms with Gasteiger partial charge >= 0.3 is 0 Å². The Morgan fingerprint density at radius 1 is 1.38 bits per heavy atom. The summed E-state index contributed by atoms with van der Waals surface area (Å²) in [5.74, 6) is 0. The van der Waals surface area contributed by atoms with Gasteiger partial charge < -0.3 is 10.4 Å². The number of hydrogen-bond acceptors (Lipinski definition) is 4. The minimum atomic E-state index is -0.299. The summed E-state index contributed by atoms with van der Waals surface area (Å²) in [4.78, 5) is 0. The molecule has 0 aliphatic carbocycles. The highest BCUT2D eigenvalue weighted by atomic mass is 79.9. The summed E-state index contributed by atoms with van der Waals surface area (Å²) in [5.41, 5.74) is 0. The van der Waals surface area contributed by atoms with Crippen molar-refractivity contribution in [3.63, 3.8) is 0 Å². The summed E-state index contributed by atoms with van der Waals surface area (Å²) in [5, 5.41) is 20.5. The van der Waals surface area contributed by atoms with Gasteiger partial charge in [0.05, 0.1) is 0 Å². The summed E-state index contributed by atoms with van der Waals surface area (Å²) in [6.07, 6.45) is 0. The Balaban J connectivity index is 4.04. The third-order valence-corrected chi connectivity index (χ3v) is 1.36. The van der Waals surface area contributed by atoms with Crippen molar-refractivity contribution in [1.29, 1.82) is 0 Å². The van der Waals surface area contributed by atoms with Crippen molar-refractivity contribution in [2.75, 3.05) is 0 Å². The monoisotopic (exact) mass is 200 g/mol. The van der Waals surface area contributed by atoms with Crippen LogP contribution in [0.4, 0.5) is 0 Å². The van der Waals surface area contributed by atoms with Crippen LogP contribution < -0.4 is 0 Å². The molecular weight excluding hydrogens is 199 g/mol. The SMILES string of the molecule is ON=C(Cl)C(Br)=NO. The topological polar surface area (TPSA) is 65.2 Å². The van der Waals surface area contributed by atoms with Gasteiger partial charge in [-0.05, 0) is 15.9 Å². The molecule has 0 rings (SSSR count). The van der Waals surface area contributed by atoms with Crippen LogP contribution in [0.1, 0.15) is 0 Å². The lowest BCUT2D eigenvalue weighted by Gasteiger charge is -1.83. The molecule has 0 spiro atoms. The number of oxime groups is 2. The van der Waals surface area contributed by atoms with Gasteiger partial charge in [0.1, 0.15) is 0 Å². The van der Waals surface area contributed by atoms with E-state index in [2.05, 4.69) is 26.2 Å². The quantitative estimate of drug-likeness (QED) is 0.380. The first-order valence-corrected chi connectivity index (χ1v) is 2.65. The Bertz CT molecular complexity index is 118. The molecule has 0 atom stereocenters. The molecule has 2 N–H and O–H groups in total. The molecule has 0 aromatic heterocycles. The van der Waals surface area contributed by atoms with E-state index in [1.165, 1.54) is 0 Å². The fourth-order valence-corrected chi connectivity index (χ4v) is 0.200. The Labute approximate surface area is 58.6 Å². The van der Waals surface area contributed by atoms with E-state index in [0.29, 0.717) is 0 Å². The number of rotatable bonds is 1. The lowest BCUT2D eigenvalue weighted by Crippen LogP contribution is -1.97. The zero-order valence-corrected chi connectivity index (χ0v) is 5.89. The molecule has 0 saturated carbocycles. The van der Waals surface area contributed by atoms with Gasteiger partial charge in [0, 0.05) is 0 Å². The van der Waals surface area contributed by atoms with Gasteiger partial charge in [-0.3, -0.25) is 0 Å². The normalized spacial score (nSPS) is 14.2. The van der Waals surface area contributed by atoms with Crippen molar-refractivity contribution >= 4 is 37.3 Å². The molecule has 0 aromatic rings. The second-order valence-electron chi connectivity index (χ2n) is 0.782. The fraction of sp³-hybridized carbons (Fsp3) is 0. The molecular formula is C2H2BrClN2O2. The van der Waals surface area contributed by atoms with E-state index in [9.17, 15) is 0 Å². The molecule has 46 valence electrons. The van der Waals surface area contributed by atoms with Crippen molar-refractivity contribution < 1.29 is 10.4 Å². The van der Waals surface area contributed by atoms with Crippen molar-refractivity contribution in [3.05, 3.63) is 0 Å². The second kappa shape index (κ2) is 3.68. The standard InChI is InChI=1S/C2H2BrClN2O2/c3-1(5-7)2(4)6-8/h7-8H. The number of halogens is 2. The maximum atomic E-state index is 7.90. The van der Waals surface area contributed by atoms with Crippen molar-refractivity contribution in [1.82, 2.24) is 0 Å². The molecule has 4 nitrogen and oxygen atoms in total. The van der Waals surface area contributed by atoms with Crippen LogP contribution in [-0.2, 0) is 0 Å². The molecule has 0 bridgehead atoms. The predicted molar refractivity (Wildman–Crippen MR) is 33.2 cm³/mol. The van der Waals surface area contributed by atoms with Crippen LogP contribution in [0.15, 0.2) is 10.3 Å². The average Bonchev–Trinajstić information content (AvgIpc) is 1.84. The van der Waals surface area contributed by atoms with Crippen LogP contribution in [0.2, 0.25) is 0 Å². The lowest BCUT2D eigenvalue weighted by atomic mass is 10.8. The molecule has 0 aliphatic rings. The molecule has 0 saturated heterocycles. The lowest BCUT2D eigenvalue weighted by molar-refractivity contribution is 0.316. The highest BCUT2D eigenvalue weighted by Gasteiger charge is 1.99. The first-order valence-electron chi connectivity index (χ1n) is 1.48. The van der Waals surface area contributed by atoms with Crippen LogP contribution in [-0.4, -0.2) is 20.2 Å². The van der Waals surface area contributed by atoms with E-state index in [0.717, 1.165) is 0 Å². The maximum absolute atomic E-state index is 7.90. The minimum Gasteiger partial charge on any atom is -0.410 e. The van der Waals surface area contributed by atoms with Crippen LogP contribution in [0.5, 0.6) is 0 Å². The van der Waals surface area contributed by atoms with E-state index in [1.807, 2.05) is 0 Å². The summed E-state index contributed by atoms with van der Waals surface area (Å²) in [7, 11) is 0.